The largest absolute Gasteiger partial charge is 0.300 e. The van der Waals surface area contributed by atoms with Crippen LogP contribution in [0.4, 0.5) is 0 Å². The van der Waals surface area contributed by atoms with E-state index in [-0.39, 0.29) is 0 Å². The molecule has 1 heterocycles. The van der Waals surface area contributed by atoms with Gasteiger partial charge in [-0.25, -0.2) is 0 Å². The minimum absolute atomic E-state index is 0.308. The van der Waals surface area contributed by atoms with Crippen LogP contribution in [0.2, 0.25) is 5.02 Å². The third kappa shape index (κ3) is 4.53. The summed E-state index contributed by atoms with van der Waals surface area (Å²) in [7, 11) is 0. The summed E-state index contributed by atoms with van der Waals surface area (Å²) >= 11 is 6.08. The molecule has 1 aromatic carbocycles. The minimum Gasteiger partial charge on any atom is -0.300 e. The van der Waals surface area contributed by atoms with Crippen molar-refractivity contribution in [3.63, 3.8) is 0 Å². The third-order valence-electron chi connectivity index (χ3n) is 6.02. The normalized spacial score (nSPS) is 27.3. The second-order valence-electron chi connectivity index (χ2n) is 8.66. The Morgan fingerprint density at radius 1 is 0.958 bits per heavy atom. The Morgan fingerprint density at radius 3 is 2.21 bits per heavy atom. The Labute approximate surface area is 153 Å². The maximum Gasteiger partial charge on any atom is 0.0406 e. The molecule has 2 nitrogen and oxygen atoms in total. The van der Waals surface area contributed by atoms with E-state index in [4.69, 9.17) is 11.6 Å². The van der Waals surface area contributed by atoms with Crippen LogP contribution in [0.3, 0.4) is 0 Å². The molecule has 0 aromatic heterocycles. The predicted octanol–water partition coefficient (Wildman–Crippen LogP) is 5.03. The maximum atomic E-state index is 6.08. The van der Waals surface area contributed by atoms with Crippen molar-refractivity contribution in [2.45, 2.75) is 57.9 Å². The van der Waals surface area contributed by atoms with Gasteiger partial charge in [0.1, 0.15) is 0 Å². The Morgan fingerprint density at radius 2 is 1.58 bits per heavy atom. The van der Waals surface area contributed by atoms with Gasteiger partial charge in [0.05, 0.1) is 0 Å². The van der Waals surface area contributed by atoms with Gasteiger partial charge >= 0.3 is 0 Å². The molecule has 2 atom stereocenters. The number of benzene rings is 1. The molecule has 24 heavy (non-hydrogen) atoms. The fourth-order valence-corrected chi connectivity index (χ4v) is 4.63. The van der Waals surface area contributed by atoms with Crippen molar-refractivity contribution in [2.75, 3.05) is 32.7 Å². The SMILES string of the molecule is CC(C)(C)N1CCN(CC2CCCCC2c2ccc(Cl)cc2)CC1. The number of hydrogen-bond acceptors (Lipinski definition) is 2. The van der Waals surface area contributed by atoms with Gasteiger partial charge in [-0.3, -0.25) is 4.90 Å². The molecule has 3 heteroatoms. The molecule has 3 rings (SSSR count). The average molecular weight is 349 g/mol. The van der Waals surface area contributed by atoms with E-state index in [1.165, 1.54) is 64.0 Å². The van der Waals surface area contributed by atoms with Gasteiger partial charge in [0.2, 0.25) is 0 Å². The second kappa shape index (κ2) is 7.76. The Balaban J connectivity index is 1.60. The molecule has 0 N–H and O–H groups in total. The van der Waals surface area contributed by atoms with Crippen LogP contribution in [0.5, 0.6) is 0 Å². The summed E-state index contributed by atoms with van der Waals surface area (Å²) in [5.74, 6) is 1.53. The highest BCUT2D eigenvalue weighted by Gasteiger charge is 2.31. The first-order chi connectivity index (χ1) is 11.4. The molecule has 1 aliphatic heterocycles. The quantitative estimate of drug-likeness (QED) is 0.755. The van der Waals surface area contributed by atoms with Crippen molar-refractivity contribution in [1.82, 2.24) is 9.80 Å². The molecular formula is C21H33ClN2. The summed E-state index contributed by atoms with van der Waals surface area (Å²) in [6, 6.07) is 8.63. The summed E-state index contributed by atoms with van der Waals surface area (Å²) in [5, 5.41) is 0.851. The molecule has 0 radical (unpaired) electrons. The summed E-state index contributed by atoms with van der Waals surface area (Å²) in [4.78, 5) is 5.34. The third-order valence-corrected chi connectivity index (χ3v) is 6.27. The number of rotatable bonds is 3. The van der Waals surface area contributed by atoms with Gasteiger partial charge in [0.25, 0.3) is 0 Å². The first kappa shape index (κ1) is 18.2. The zero-order valence-electron chi connectivity index (χ0n) is 15.6. The lowest BCUT2D eigenvalue weighted by molar-refractivity contribution is 0.0498. The first-order valence-corrected chi connectivity index (χ1v) is 10.0. The van der Waals surface area contributed by atoms with Crippen molar-refractivity contribution >= 4 is 11.6 Å². The molecule has 1 saturated carbocycles. The van der Waals surface area contributed by atoms with Crippen LogP contribution in [-0.4, -0.2) is 48.1 Å². The zero-order chi connectivity index (χ0) is 17.2. The summed E-state index contributed by atoms with van der Waals surface area (Å²) in [5.41, 5.74) is 1.81. The first-order valence-electron chi connectivity index (χ1n) is 9.66. The van der Waals surface area contributed by atoms with E-state index < -0.39 is 0 Å². The average Bonchev–Trinajstić information content (AvgIpc) is 2.56. The van der Waals surface area contributed by atoms with E-state index in [1.807, 2.05) is 0 Å². The van der Waals surface area contributed by atoms with Gasteiger partial charge in [0, 0.05) is 43.3 Å². The molecule has 134 valence electrons. The van der Waals surface area contributed by atoms with Crippen LogP contribution in [-0.2, 0) is 0 Å². The molecule has 2 fully saturated rings. The summed E-state index contributed by atoms with van der Waals surface area (Å²) < 4.78 is 0. The molecular weight excluding hydrogens is 316 g/mol. The van der Waals surface area contributed by atoms with E-state index in [9.17, 15) is 0 Å². The summed E-state index contributed by atoms with van der Waals surface area (Å²) in [6.07, 6.45) is 5.50. The van der Waals surface area contributed by atoms with Crippen LogP contribution < -0.4 is 0 Å². The van der Waals surface area contributed by atoms with E-state index in [1.54, 1.807) is 0 Å². The zero-order valence-corrected chi connectivity index (χ0v) is 16.4. The lowest BCUT2D eigenvalue weighted by atomic mass is 9.75. The molecule has 2 aliphatic rings. The number of halogens is 1. The smallest absolute Gasteiger partial charge is 0.0406 e. The van der Waals surface area contributed by atoms with E-state index >= 15 is 0 Å². The predicted molar refractivity (Wildman–Crippen MR) is 104 cm³/mol. The number of nitrogens with zero attached hydrogens (tertiary/aromatic N) is 2. The fraction of sp³-hybridized carbons (Fsp3) is 0.714. The van der Waals surface area contributed by atoms with Crippen molar-refractivity contribution in [3.05, 3.63) is 34.9 Å². The van der Waals surface area contributed by atoms with Gasteiger partial charge in [-0.1, -0.05) is 36.6 Å². The Hall–Kier alpha value is -0.570. The highest BCUT2D eigenvalue weighted by molar-refractivity contribution is 6.30. The minimum atomic E-state index is 0.308. The van der Waals surface area contributed by atoms with Crippen molar-refractivity contribution in [3.8, 4) is 0 Å². The number of piperazine rings is 1. The molecule has 2 unspecified atom stereocenters. The monoisotopic (exact) mass is 348 g/mol. The van der Waals surface area contributed by atoms with Gasteiger partial charge < -0.3 is 4.90 Å². The number of hydrogen-bond donors (Lipinski definition) is 0. The molecule has 1 saturated heterocycles. The standard InChI is InChI=1S/C21H33ClN2/c1-21(2,3)24-14-12-23(13-15-24)16-18-6-4-5-7-20(18)17-8-10-19(22)11-9-17/h8-11,18,20H,4-7,12-16H2,1-3H3. The lowest BCUT2D eigenvalue weighted by Gasteiger charge is -2.44. The Kier molecular flexibility index (Phi) is 5.89. The fourth-order valence-electron chi connectivity index (χ4n) is 4.51. The highest BCUT2D eigenvalue weighted by Crippen LogP contribution is 2.38. The Bertz CT molecular complexity index is 512. The van der Waals surface area contributed by atoms with Crippen LogP contribution >= 0.6 is 11.6 Å². The maximum absolute atomic E-state index is 6.08. The van der Waals surface area contributed by atoms with Crippen molar-refractivity contribution in [2.24, 2.45) is 5.92 Å². The van der Waals surface area contributed by atoms with Crippen molar-refractivity contribution in [1.29, 1.82) is 0 Å². The van der Waals surface area contributed by atoms with E-state index in [0.717, 1.165) is 16.9 Å². The molecule has 0 amide bonds. The topological polar surface area (TPSA) is 6.48 Å². The van der Waals surface area contributed by atoms with Crippen LogP contribution in [0.1, 0.15) is 57.9 Å². The van der Waals surface area contributed by atoms with E-state index in [0.29, 0.717) is 5.54 Å². The molecule has 1 aromatic rings. The van der Waals surface area contributed by atoms with Gasteiger partial charge in [-0.05, 0) is 63.1 Å². The van der Waals surface area contributed by atoms with Gasteiger partial charge in [-0.2, -0.15) is 0 Å². The molecule has 1 aliphatic carbocycles. The molecule has 0 bridgehead atoms. The second-order valence-corrected chi connectivity index (χ2v) is 9.10. The van der Waals surface area contributed by atoms with Gasteiger partial charge in [0.15, 0.2) is 0 Å². The van der Waals surface area contributed by atoms with Crippen LogP contribution in [0.15, 0.2) is 24.3 Å². The lowest BCUT2D eigenvalue weighted by Crippen LogP contribution is -2.54. The molecule has 0 spiro atoms. The van der Waals surface area contributed by atoms with Crippen molar-refractivity contribution < 1.29 is 0 Å². The highest BCUT2D eigenvalue weighted by atomic mass is 35.5. The van der Waals surface area contributed by atoms with E-state index in [2.05, 4.69) is 54.8 Å². The van der Waals surface area contributed by atoms with Gasteiger partial charge in [-0.15, -0.1) is 0 Å². The van der Waals surface area contributed by atoms with Crippen LogP contribution in [0.25, 0.3) is 0 Å². The van der Waals surface area contributed by atoms with Crippen LogP contribution in [0, 0.1) is 5.92 Å². The summed E-state index contributed by atoms with van der Waals surface area (Å²) in [6.45, 7) is 13.1.